The maximum atomic E-state index is 4.28. The maximum Gasteiger partial charge on any atom is 0.0522 e. The summed E-state index contributed by atoms with van der Waals surface area (Å²) in [6, 6.07) is 0.557. The molecule has 1 saturated heterocycles. The lowest BCUT2D eigenvalue weighted by Crippen LogP contribution is -2.44. The fraction of sp³-hybridized carbons (Fsp3) is 0.786. The SMILES string of the molecule is CCNC(Cc1cnn(C)c1)C1CSC(C)C(C)S1. The molecule has 4 atom stereocenters. The van der Waals surface area contributed by atoms with Crippen LogP contribution in [0.5, 0.6) is 0 Å². The first-order chi connectivity index (χ1) is 9.10. The zero-order chi connectivity index (χ0) is 13.8. The second-order valence-electron chi connectivity index (χ2n) is 5.31. The number of nitrogens with one attached hydrogen (secondary N) is 1. The molecule has 0 bridgehead atoms. The fourth-order valence-corrected chi connectivity index (χ4v) is 5.58. The highest BCUT2D eigenvalue weighted by Gasteiger charge is 2.31. The van der Waals surface area contributed by atoms with E-state index < -0.39 is 0 Å². The van der Waals surface area contributed by atoms with Crippen molar-refractivity contribution in [1.29, 1.82) is 0 Å². The monoisotopic (exact) mass is 299 g/mol. The molecule has 0 saturated carbocycles. The third-order valence-electron chi connectivity index (χ3n) is 3.70. The molecule has 1 N–H and O–H groups in total. The number of likely N-dealkylation sites (N-methyl/N-ethyl adjacent to an activating group) is 1. The molecule has 1 aromatic rings. The third kappa shape index (κ3) is 4.17. The van der Waals surface area contributed by atoms with Gasteiger partial charge in [0.1, 0.15) is 0 Å². The quantitative estimate of drug-likeness (QED) is 0.905. The second kappa shape index (κ2) is 7.04. The number of aryl methyl sites for hydroxylation is 1. The Hall–Kier alpha value is -0.130. The molecule has 4 unspecified atom stereocenters. The summed E-state index contributed by atoms with van der Waals surface area (Å²) in [5, 5.41) is 10.2. The number of hydrogen-bond donors (Lipinski definition) is 1. The van der Waals surface area contributed by atoms with Crippen molar-refractivity contribution in [3.05, 3.63) is 18.0 Å². The number of nitrogens with zero attached hydrogens (tertiary/aromatic N) is 2. The highest BCUT2D eigenvalue weighted by molar-refractivity contribution is 8.07. The number of thioether (sulfide) groups is 2. The molecule has 0 spiro atoms. The van der Waals surface area contributed by atoms with E-state index in [0.717, 1.165) is 23.5 Å². The molecule has 1 aliphatic heterocycles. The highest BCUT2D eigenvalue weighted by Crippen LogP contribution is 2.37. The predicted octanol–water partition coefficient (Wildman–Crippen LogP) is 2.57. The Balaban J connectivity index is 1.99. The smallest absolute Gasteiger partial charge is 0.0522 e. The van der Waals surface area contributed by atoms with Crippen LogP contribution < -0.4 is 5.32 Å². The van der Waals surface area contributed by atoms with Crippen LogP contribution in [0.2, 0.25) is 0 Å². The Labute approximate surface area is 125 Å². The van der Waals surface area contributed by atoms with Gasteiger partial charge in [-0.05, 0) is 18.5 Å². The summed E-state index contributed by atoms with van der Waals surface area (Å²) < 4.78 is 1.89. The summed E-state index contributed by atoms with van der Waals surface area (Å²) in [6.45, 7) is 7.95. The normalized spacial score (nSPS) is 29.4. The summed E-state index contributed by atoms with van der Waals surface area (Å²) in [6.07, 6.45) is 5.22. The van der Waals surface area contributed by atoms with E-state index in [2.05, 4.69) is 60.9 Å². The zero-order valence-corrected chi connectivity index (χ0v) is 13.9. The molecule has 108 valence electrons. The van der Waals surface area contributed by atoms with Gasteiger partial charge in [-0.25, -0.2) is 0 Å². The first kappa shape index (κ1) is 15.3. The van der Waals surface area contributed by atoms with Crippen molar-refractivity contribution in [1.82, 2.24) is 15.1 Å². The van der Waals surface area contributed by atoms with Crippen LogP contribution in [0.3, 0.4) is 0 Å². The van der Waals surface area contributed by atoms with Crippen LogP contribution in [0.1, 0.15) is 26.3 Å². The van der Waals surface area contributed by atoms with Crippen LogP contribution in [0.4, 0.5) is 0 Å². The van der Waals surface area contributed by atoms with Crippen molar-refractivity contribution in [2.45, 2.75) is 49.0 Å². The molecule has 1 fully saturated rings. The largest absolute Gasteiger partial charge is 0.313 e. The average Bonchev–Trinajstić information content (AvgIpc) is 2.78. The summed E-state index contributed by atoms with van der Waals surface area (Å²) in [5.74, 6) is 1.26. The Kier molecular flexibility index (Phi) is 5.66. The number of aromatic nitrogens is 2. The molecule has 0 amide bonds. The van der Waals surface area contributed by atoms with Gasteiger partial charge in [-0.15, -0.1) is 0 Å². The van der Waals surface area contributed by atoms with Crippen LogP contribution in [0.25, 0.3) is 0 Å². The van der Waals surface area contributed by atoms with Gasteiger partial charge in [0.05, 0.1) is 6.20 Å². The van der Waals surface area contributed by atoms with Gasteiger partial charge in [0.15, 0.2) is 0 Å². The molecular formula is C14H25N3S2. The molecule has 1 aromatic heterocycles. The summed E-state index contributed by atoms with van der Waals surface area (Å²) in [7, 11) is 1.99. The molecule has 3 nitrogen and oxygen atoms in total. The van der Waals surface area contributed by atoms with Crippen LogP contribution in [0.15, 0.2) is 12.4 Å². The van der Waals surface area contributed by atoms with Crippen molar-refractivity contribution in [2.75, 3.05) is 12.3 Å². The molecular weight excluding hydrogens is 274 g/mol. The van der Waals surface area contributed by atoms with E-state index in [1.807, 2.05) is 17.9 Å². The van der Waals surface area contributed by atoms with E-state index in [-0.39, 0.29) is 0 Å². The zero-order valence-electron chi connectivity index (χ0n) is 12.3. The summed E-state index contributed by atoms with van der Waals surface area (Å²) in [4.78, 5) is 0. The summed E-state index contributed by atoms with van der Waals surface area (Å²) in [5.41, 5.74) is 1.34. The maximum absolute atomic E-state index is 4.28. The van der Waals surface area contributed by atoms with Crippen molar-refractivity contribution >= 4 is 23.5 Å². The molecule has 0 aromatic carbocycles. The van der Waals surface area contributed by atoms with E-state index in [0.29, 0.717) is 11.3 Å². The Morgan fingerprint density at radius 1 is 1.47 bits per heavy atom. The molecule has 2 rings (SSSR count). The van der Waals surface area contributed by atoms with E-state index in [1.165, 1.54) is 11.3 Å². The Morgan fingerprint density at radius 2 is 2.26 bits per heavy atom. The molecule has 0 radical (unpaired) electrons. The van der Waals surface area contributed by atoms with Gasteiger partial charge in [-0.3, -0.25) is 4.68 Å². The summed E-state index contributed by atoms with van der Waals surface area (Å²) >= 11 is 4.28. The lowest BCUT2D eigenvalue weighted by Gasteiger charge is -2.36. The van der Waals surface area contributed by atoms with Crippen molar-refractivity contribution in [3.8, 4) is 0 Å². The first-order valence-electron chi connectivity index (χ1n) is 7.08. The van der Waals surface area contributed by atoms with Gasteiger partial charge in [-0.2, -0.15) is 28.6 Å². The number of rotatable bonds is 5. The topological polar surface area (TPSA) is 29.9 Å². The predicted molar refractivity (Wildman–Crippen MR) is 87.1 cm³/mol. The number of hydrogen-bond acceptors (Lipinski definition) is 4. The fourth-order valence-electron chi connectivity index (χ4n) is 2.45. The minimum Gasteiger partial charge on any atom is -0.313 e. The van der Waals surface area contributed by atoms with Crippen molar-refractivity contribution in [2.24, 2.45) is 7.05 Å². The van der Waals surface area contributed by atoms with Crippen LogP contribution >= 0.6 is 23.5 Å². The molecule has 0 aliphatic carbocycles. The lowest BCUT2D eigenvalue weighted by atomic mass is 10.1. The third-order valence-corrected chi connectivity index (χ3v) is 7.25. The van der Waals surface area contributed by atoms with Gasteiger partial charge in [0.2, 0.25) is 0 Å². The Bertz CT molecular complexity index is 394. The van der Waals surface area contributed by atoms with Gasteiger partial charge in [0.25, 0.3) is 0 Å². The van der Waals surface area contributed by atoms with E-state index in [1.54, 1.807) is 0 Å². The van der Waals surface area contributed by atoms with Crippen LogP contribution in [0, 0.1) is 0 Å². The van der Waals surface area contributed by atoms with Gasteiger partial charge >= 0.3 is 0 Å². The molecule has 19 heavy (non-hydrogen) atoms. The van der Waals surface area contributed by atoms with Gasteiger partial charge in [0, 0.05) is 40.8 Å². The van der Waals surface area contributed by atoms with Gasteiger partial charge in [-0.1, -0.05) is 20.8 Å². The van der Waals surface area contributed by atoms with Gasteiger partial charge < -0.3 is 5.32 Å². The molecule has 1 aliphatic rings. The van der Waals surface area contributed by atoms with E-state index in [9.17, 15) is 0 Å². The van der Waals surface area contributed by atoms with Crippen LogP contribution in [-0.4, -0.2) is 43.9 Å². The molecule has 5 heteroatoms. The highest BCUT2D eigenvalue weighted by atomic mass is 32.2. The standard InChI is InChI=1S/C14H25N3S2/c1-5-15-13(6-12-7-16-17(4)8-12)14-9-18-10(2)11(3)19-14/h7-8,10-11,13-15H,5-6,9H2,1-4H3. The molecule has 2 heterocycles. The van der Waals surface area contributed by atoms with E-state index in [4.69, 9.17) is 0 Å². The van der Waals surface area contributed by atoms with E-state index >= 15 is 0 Å². The second-order valence-corrected chi connectivity index (χ2v) is 8.34. The first-order valence-corrected chi connectivity index (χ1v) is 9.07. The Morgan fingerprint density at radius 3 is 2.84 bits per heavy atom. The lowest BCUT2D eigenvalue weighted by molar-refractivity contribution is 0.520. The van der Waals surface area contributed by atoms with Crippen molar-refractivity contribution in [3.63, 3.8) is 0 Å². The average molecular weight is 300 g/mol. The van der Waals surface area contributed by atoms with Crippen molar-refractivity contribution < 1.29 is 0 Å². The minimum atomic E-state index is 0.557. The minimum absolute atomic E-state index is 0.557. The van der Waals surface area contributed by atoms with Crippen LogP contribution in [-0.2, 0) is 13.5 Å².